The number of nitrogens with zero attached hydrogens (tertiary/aromatic N) is 1. The van der Waals surface area contributed by atoms with E-state index in [2.05, 4.69) is 20.3 Å². The van der Waals surface area contributed by atoms with Crippen LogP contribution in [0.2, 0.25) is 0 Å². The topological polar surface area (TPSA) is 100 Å². The van der Waals surface area contributed by atoms with Gasteiger partial charge in [0.1, 0.15) is 4.21 Å². The van der Waals surface area contributed by atoms with Gasteiger partial charge in [-0.15, -0.1) is 11.3 Å². The predicted molar refractivity (Wildman–Crippen MR) is 99.7 cm³/mol. The maximum Gasteiger partial charge on any atom is 0.271 e. The summed E-state index contributed by atoms with van der Waals surface area (Å²) in [4.78, 5) is 16.4. The van der Waals surface area contributed by atoms with Crippen molar-refractivity contribution < 1.29 is 13.2 Å². The van der Waals surface area contributed by atoms with Gasteiger partial charge in [0.25, 0.3) is 10.0 Å². The molecule has 1 saturated heterocycles. The van der Waals surface area contributed by atoms with Crippen LogP contribution in [0.25, 0.3) is 10.2 Å². The molecule has 1 fully saturated rings. The summed E-state index contributed by atoms with van der Waals surface area (Å²) in [7, 11) is -3.58. The molecule has 0 saturated carbocycles. The van der Waals surface area contributed by atoms with E-state index in [1.165, 1.54) is 11.3 Å². The number of hydrogen-bond donors (Lipinski definition) is 3. The minimum absolute atomic E-state index is 0.0137. The number of rotatable bonds is 5. The van der Waals surface area contributed by atoms with Gasteiger partial charge < -0.3 is 10.6 Å². The number of amides is 1. The van der Waals surface area contributed by atoms with Gasteiger partial charge in [-0.25, -0.2) is 13.4 Å². The second-order valence-corrected chi connectivity index (χ2v) is 9.47. The summed E-state index contributed by atoms with van der Waals surface area (Å²) in [6.45, 7) is 1.37. The highest BCUT2D eigenvalue weighted by atomic mass is 32.2. The van der Waals surface area contributed by atoms with Crippen LogP contribution >= 0.6 is 22.7 Å². The number of thiophene rings is 1. The molecule has 1 aliphatic rings. The van der Waals surface area contributed by atoms with Crippen LogP contribution in [0.5, 0.6) is 0 Å². The van der Waals surface area contributed by atoms with Crippen LogP contribution in [0.15, 0.2) is 39.9 Å². The SMILES string of the molecule is O=C(Nc1nc2ccc(NS(=O)(=O)c3cccs3)cc2s1)C1CNC1. The third-order valence-corrected chi connectivity index (χ3v) is 7.50. The van der Waals surface area contributed by atoms with E-state index in [1.807, 2.05) is 0 Å². The number of sulfonamides is 1. The monoisotopic (exact) mass is 394 g/mol. The van der Waals surface area contributed by atoms with E-state index in [0.717, 1.165) is 16.0 Å². The quantitative estimate of drug-likeness (QED) is 0.617. The van der Waals surface area contributed by atoms with Crippen molar-refractivity contribution in [2.24, 2.45) is 5.92 Å². The van der Waals surface area contributed by atoms with E-state index >= 15 is 0 Å². The Balaban J connectivity index is 1.55. The molecule has 0 aliphatic carbocycles. The Morgan fingerprint density at radius 3 is 2.80 bits per heavy atom. The molecule has 130 valence electrons. The summed E-state index contributed by atoms with van der Waals surface area (Å²) in [5, 5.41) is 8.10. The number of carbonyl (C=O) groups is 1. The molecule has 25 heavy (non-hydrogen) atoms. The third-order valence-electron chi connectivity index (χ3n) is 3.78. The Morgan fingerprint density at radius 2 is 2.12 bits per heavy atom. The molecule has 1 aromatic carbocycles. The lowest BCUT2D eigenvalue weighted by atomic mass is 10.0. The van der Waals surface area contributed by atoms with Crippen LogP contribution < -0.4 is 15.4 Å². The van der Waals surface area contributed by atoms with Crippen molar-refractivity contribution in [3.05, 3.63) is 35.7 Å². The van der Waals surface area contributed by atoms with Gasteiger partial charge in [0.05, 0.1) is 21.8 Å². The molecule has 10 heteroatoms. The summed E-state index contributed by atoms with van der Waals surface area (Å²) in [5.41, 5.74) is 1.18. The van der Waals surface area contributed by atoms with Crippen molar-refractivity contribution in [3.63, 3.8) is 0 Å². The van der Waals surface area contributed by atoms with Gasteiger partial charge in [-0.1, -0.05) is 17.4 Å². The van der Waals surface area contributed by atoms with Crippen molar-refractivity contribution in [1.82, 2.24) is 10.3 Å². The molecule has 2 aromatic heterocycles. The fourth-order valence-electron chi connectivity index (χ4n) is 2.34. The third kappa shape index (κ3) is 3.38. The minimum Gasteiger partial charge on any atom is -0.315 e. The van der Waals surface area contributed by atoms with Crippen molar-refractivity contribution in [2.75, 3.05) is 23.1 Å². The first-order valence-corrected chi connectivity index (χ1v) is 10.7. The molecule has 7 nitrogen and oxygen atoms in total. The molecule has 0 radical (unpaired) electrons. The Morgan fingerprint density at radius 1 is 1.28 bits per heavy atom. The van der Waals surface area contributed by atoms with E-state index in [-0.39, 0.29) is 16.0 Å². The van der Waals surface area contributed by atoms with Crippen LogP contribution in [0, 0.1) is 5.92 Å². The molecular weight excluding hydrogens is 380 g/mol. The normalized spacial score (nSPS) is 15.0. The van der Waals surface area contributed by atoms with Crippen molar-refractivity contribution in [2.45, 2.75) is 4.21 Å². The number of nitrogens with one attached hydrogen (secondary N) is 3. The highest BCUT2D eigenvalue weighted by molar-refractivity contribution is 7.94. The minimum atomic E-state index is -3.58. The molecule has 3 heterocycles. The van der Waals surface area contributed by atoms with Gasteiger partial charge in [0.15, 0.2) is 5.13 Å². The Bertz CT molecular complexity index is 1020. The average Bonchev–Trinajstić information content (AvgIpc) is 3.13. The fourth-order valence-corrected chi connectivity index (χ4v) is 5.30. The molecule has 0 atom stereocenters. The number of fused-ring (bicyclic) bond motifs is 1. The molecule has 0 unspecified atom stereocenters. The number of carbonyl (C=O) groups excluding carboxylic acids is 1. The zero-order chi connectivity index (χ0) is 17.4. The summed E-state index contributed by atoms with van der Waals surface area (Å²) >= 11 is 2.48. The number of hydrogen-bond acceptors (Lipinski definition) is 7. The van der Waals surface area contributed by atoms with E-state index in [1.54, 1.807) is 35.7 Å². The zero-order valence-electron chi connectivity index (χ0n) is 12.9. The van der Waals surface area contributed by atoms with Crippen molar-refractivity contribution in [1.29, 1.82) is 0 Å². The molecule has 1 amide bonds. The molecule has 3 N–H and O–H groups in total. The van der Waals surface area contributed by atoms with Gasteiger partial charge in [-0.05, 0) is 29.6 Å². The molecule has 0 spiro atoms. The molecule has 4 rings (SSSR count). The Hall–Kier alpha value is -2.01. The van der Waals surface area contributed by atoms with Crippen LogP contribution in [0.3, 0.4) is 0 Å². The summed E-state index contributed by atoms with van der Waals surface area (Å²) in [6.07, 6.45) is 0. The number of aromatic nitrogens is 1. The van der Waals surface area contributed by atoms with Crippen LogP contribution in [-0.2, 0) is 14.8 Å². The largest absolute Gasteiger partial charge is 0.315 e. The Labute approximate surface area is 152 Å². The second kappa shape index (κ2) is 6.37. The fraction of sp³-hybridized carbons (Fsp3) is 0.200. The van der Waals surface area contributed by atoms with Crippen molar-refractivity contribution in [3.8, 4) is 0 Å². The lowest BCUT2D eigenvalue weighted by molar-refractivity contribution is -0.121. The number of benzene rings is 1. The van der Waals surface area contributed by atoms with E-state index in [0.29, 0.717) is 29.4 Å². The van der Waals surface area contributed by atoms with Crippen molar-refractivity contribution >= 4 is 59.6 Å². The molecule has 1 aliphatic heterocycles. The van der Waals surface area contributed by atoms with Crippen LogP contribution in [0.4, 0.5) is 10.8 Å². The van der Waals surface area contributed by atoms with Crippen LogP contribution in [-0.4, -0.2) is 32.4 Å². The molecular formula is C15H14N4O3S3. The first-order valence-electron chi connectivity index (χ1n) is 7.50. The van der Waals surface area contributed by atoms with Gasteiger partial charge in [0, 0.05) is 13.1 Å². The zero-order valence-corrected chi connectivity index (χ0v) is 15.3. The van der Waals surface area contributed by atoms with E-state index in [9.17, 15) is 13.2 Å². The van der Waals surface area contributed by atoms with E-state index < -0.39 is 10.0 Å². The lowest BCUT2D eigenvalue weighted by Gasteiger charge is -2.25. The molecule has 0 bridgehead atoms. The van der Waals surface area contributed by atoms with E-state index in [4.69, 9.17) is 0 Å². The highest BCUT2D eigenvalue weighted by Crippen LogP contribution is 2.30. The summed E-state index contributed by atoms with van der Waals surface area (Å²) < 4.78 is 28.2. The highest BCUT2D eigenvalue weighted by Gasteiger charge is 2.25. The summed E-state index contributed by atoms with van der Waals surface area (Å²) in [5.74, 6) is -0.0587. The number of thiazole rings is 1. The van der Waals surface area contributed by atoms with Gasteiger partial charge in [0.2, 0.25) is 5.91 Å². The van der Waals surface area contributed by atoms with Crippen LogP contribution in [0.1, 0.15) is 0 Å². The maximum absolute atomic E-state index is 12.3. The second-order valence-electron chi connectivity index (χ2n) is 5.58. The lowest BCUT2D eigenvalue weighted by Crippen LogP contribution is -2.48. The smallest absolute Gasteiger partial charge is 0.271 e. The maximum atomic E-state index is 12.3. The average molecular weight is 395 g/mol. The Kier molecular flexibility index (Phi) is 4.20. The van der Waals surface area contributed by atoms with Gasteiger partial charge in [-0.3, -0.25) is 9.52 Å². The molecule has 3 aromatic rings. The standard InChI is InChI=1S/C15H14N4O3S3/c20-14(9-7-16-8-9)18-15-17-11-4-3-10(6-12(11)24-15)19-25(21,22)13-2-1-5-23-13/h1-6,9,16,19H,7-8H2,(H,17,18,20). The number of anilines is 2. The summed E-state index contributed by atoms with van der Waals surface area (Å²) in [6, 6.07) is 8.37. The predicted octanol–water partition coefficient (Wildman–Crippen LogP) is 2.32. The van der Waals surface area contributed by atoms with Gasteiger partial charge in [-0.2, -0.15) is 0 Å². The van der Waals surface area contributed by atoms with Gasteiger partial charge >= 0.3 is 0 Å². The first kappa shape index (κ1) is 16.5. The first-order chi connectivity index (χ1) is 12.0.